The summed E-state index contributed by atoms with van der Waals surface area (Å²) < 4.78 is 1.24. The molecule has 1 aromatic heterocycles. The van der Waals surface area contributed by atoms with Crippen LogP contribution in [0.3, 0.4) is 0 Å². The van der Waals surface area contributed by atoms with Gasteiger partial charge in [0.25, 0.3) is 0 Å². The van der Waals surface area contributed by atoms with E-state index in [1.54, 1.807) is 0 Å². The highest BCUT2D eigenvalue weighted by Crippen LogP contribution is 2.74. The van der Waals surface area contributed by atoms with Gasteiger partial charge in [0, 0.05) is 14.2 Å². The largest absolute Gasteiger partial charge is 0.143 e. The predicted molar refractivity (Wildman–Crippen MR) is 79.5 cm³/mol. The fourth-order valence-corrected chi connectivity index (χ4v) is 6.07. The van der Waals surface area contributed by atoms with Crippen LogP contribution in [-0.4, -0.2) is 0 Å². The third-order valence-corrected chi connectivity index (χ3v) is 8.12. The molecule has 1 aliphatic carbocycles. The zero-order valence-electron chi connectivity index (χ0n) is 10.4. The molecule has 2 rings (SSSR count). The molecule has 3 heteroatoms. The molecule has 0 aliphatic heterocycles. The Morgan fingerprint density at radius 3 is 2.06 bits per heavy atom. The fraction of sp³-hybridized carbons (Fsp3) is 0.692. The quantitative estimate of drug-likeness (QED) is 0.569. The van der Waals surface area contributed by atoms with Crippen LogP contribution in [0.2, 0.25) is 0 Å². The van der Waals surface area contributed by atoms with Crippen molar-refractivity contribution in [3.05, 3.63) is 20.3 Å². The molecule has 1 aromatic rings. The maximum Gasteiger partial charge on any atom is 0.0528 e. The first-order valence-corrected chi connectivity index (χ1v) is 8.12. The van der Waals surface area contributed by atoms with E-state index in [0.717, 1.165) is 5.92 Å². The molecule has 0 bridgehead atoms. The van der Waals surface area contributed by atoms with E-state index in [-0.39, 0.29) is 0 Å². The summed E-state index contributed by atoms with van der Waals surface area (Å²) in [4.78, 5) is 3.32. The number of hydrogen-bond acceptors (Lipinski definition) is 1. The Labute approximate surface area is 119 Å². The number of rotatable bonds is 2. The van der Waals surface area contributed by atoms with Crippen LogP contribution in [0.4, 0.5) is 0 Å². The molecule has 0 nitrogen and oxygen atoms in total. The van der Waals surface area contributed by atoms with Gasteiger partial charge in [0.1, 0.15) is 0 Å². The third-order valence-electron chi connectivity index (χ3n) is 4.57. The Morgan fingerprint density at radius 1 is 1.25 bits per heavy atom. The van der Waals surface area contributed by atoms with Crippen LogP contribution >= 0.6 is 43.2 Å². The summed E-state index contributed by atoms with van der Waals surface area (Å²) in [6, 6.07) is 2.27. The Morgan fingerprint density at radius 2 is 1.75 bits per heavy atom. The minimum atomic E-state index is 0.436. The van der Waals surface area contributed by atoms with Gasteiger partial charge in [-0.3, -0.25) is 0 Å². The first kappa shape index (κ1) is 13.1. The summed E-state index contributed by atoms with van der Waals surface area (Å²) in [6.07, 6.45) is 0. The van der Waals surface area contributed by atoms with Crippen molar-refractivity contribution >= 4 is 43.2 Å². The highest BCUT2D eigenvalue weighted by Gasteiger charge is 2.67. The van der Waals surface area contributed by atoms with E-state index in [9.17, 15) is 0 Å². The van der Waals surface area contributed by atoms with Crippen LogP contribution in [0.25, 0.3) is 0 Å². The minimum absolute atomic E-state index is 0.436. The van der Waals surface area contributed by atoms with E-state index in [2.05, 4.69) is 72.5 Å². The third kappa shape index (κ3) is 1.74. The minimum Gasteiger partial charge on any atom is -0.143 e. The van der Waals surface area contributed by atoms with Crippen molar-refractivity contribution in [2.75, 3.05) is 0 Å². The van der Waals surface area contributed by atoms with Gasteiger partial charge in [-0.05, 0) is 45.7 Å². The summed E-state index contributed by atoms with van der Waals surface area (Å²) >= 11 is 9.40. The second kappa shape index (κ2) is 3.83. The predicted octanol–water partition coefficient (Wildman–Crippen LogP) is 5.94. The molecular formula is C13H18Br2S. The van der Waals surface area contributed by atoms with Crippen LogP contribution in [0.1, 0.15) is 42.3 Å². The van der Waals surface area contributed by atoms with Crippen LogP contribution in [0.5, 0.6) is 0 Å². The lowest BCUT2D eigenvalue weighted by Crippen LogP contribution is -1.96. The van der Waals surface area contributed by atoms with Crippen LogP contribution < -0.4 is 0 Å². The Balaban J connectivity index is 2.25. The topological polar surface area (TPSA) is 0 Å². The monoisotopic (exact) mass is 364 g/mol. The standard InChI is InChI=1S/C13H18Br2S/c1-7-8(14)6-9(16-7)10(15)11-12(2,3)13(11,4)5/h6,10-11H,1-5H3. The van der Waals surface area contributed by atoms with Crippen LogP contribution in [0, 0.1) is 23.7 Å². The first-order valence-electron chi connectivity index (χ1n) is 5.59. The number of halogens is 2. The Hall–Kier alpha value is 0.660. The lowest BCUT2D eigenvalue weighted by atomic mass is 10.0. The van der Waals surface area contributed by atoms with Gasteiger partial charge in [-0.1, -0.05) is 43.6 Å². The maximum atomic E-state index is 3.90. The lowest BCUT2D eigenvalue weighted by molar-refractivity contribution is 0.457. The second-order valence-corrected chi connectivity index (χ2v) is 9.00. The molecule has 1 heterocycles. The molecule has 1 aliphatic rings. The Bertz CT molecular complexity index is 384. The molecule has 1 atom stereocenters. The number of aryl methyl sites for hydroxylation is 1. The van der Waals surface area contributed by atoms with Crippen molar-refractivity contribution in [2.24, 2.45) is 16.7 Å². The van der Waals surface area contributed by atoms with Gasteiger partial charge in [0.05, 0.1) is 4.83 Å². The molecule has 0 amide bonds. The molecule has 1 unspecified atom stereocenters. The first-order chi connectivity index (χ1) is 7.19. The normalized spacial score (nSPS) is 24.4. The molecule has 90 valence electrons. The highest BCUT2D eigenvalue weighted by atomic mass is 79.9. The molecule has 1 fully saturated rings. The van der Waals surface area contributed by atoms with Crippen molar-refractivity contribution in [1.82, 2.24) is 0 Å². The van der Waals surface area contributed by atoms with Crippen molar-refractivity contribution < 1.29 is 0 Å². The van der Waals surface area contributed by atoms with E-state index < -0.39 is 0 Å². The van der Waals surface area contributed by atoms with Gasteiger partial charge >= 0.3 is 0 Å². The average molecular weight is 366 g/mol. The molecule has 16 heavy (non-hydrogen) atoms. The van der Waals surface area contributed by atoms with E-state index in [0.29, 0.717) is 15.7 Å². The smallest absolute Gasteiger partial charge is 0.0528 e. The molecule has 0 aromatic carbocycles. The summed E-state index contributed by atoms with van der Waals surface area (Å²) in [6.45, 7) is 11.7. The van der Waals surface area contributed by atoms with Gasteiger partial charge in [-0.2, -0.15) is 0 Å². The van der Waals surface area contributed by atoms with Gasteiger partial charge in [-0.25, -0.2) is 0 Å². The maximum absolute atomic E-state index is 3.90. The fourth-order valence-electron chi connectivity index (χ4n) is 2.76. The number of thiophene rings is 1. The molecule has 0 saturated heterocycles. The van der Waals surface area contributed by atoms with Gasteiger partial charge < -0.3 is 0 Å². The average Bonchev–Trinajstić information content (AvgIpc) is 2.39. The summed E-state index contributed by atoms with van der Waals surface area (Å²) in [7, 11) is 0. The zero-order chi connectivity index (χ0) is 12.3. The van der Waals surface area contributed by atoms with Crippen LogP contribution in [0.15, 0.2) is 10.5 Å². The zero-order valence-corrected chi connectivity index (χ0v) is 14.4. The van der Waals surface area contributed by atoms with E-state index in [1.807, 2.05) is 11.3 Å². The molecule has 1 saturated carbocycles. The second-order valence-electron chi connectivity index (χ2n) is 5.88. The van der Waals surface area contributed by atoms with Crippen molar-refractivity contribution in [3.63, 3.8) is 0 Å². The lowest BCUT2D eigenvalue weighted by Gasteiger charge is -2.09. The summed E-state index contributed by atoms with van der Waals surface area (Å²) in [5.74, 6) is 0.727. The van der Waals surface area contributed by atoms with Crippen molar-refractivity contribution in [1.29, 1.82) is 0 Å². The summed E-state index contributed by atoms with van der Waals surface area (Å²) in [5, 5.41) is 0. The van der Waals surface area contributed by atoms with E-state index in [4.69, 9.17) is 0 Å². The van der Waals surface area contributed by atoms with E-state index >= 15 is 0 Å². The summed E-state index contributed by atoms with van der Waals surface area (Å²) in [5.41, 5.74) is 0.872. The van der Waals surface area contributed by atoms with Gasteiger partial charge in [0.15, 0.2) is 0 Å². The van der Waals surface area contributed by atoms with Gasteiger partial charge in [-0.15, -0.1) is 11.3 Å². The van der Waals surface area contributed by atoms with Gasteiger partial charge in [0.2, 0.25) is 0 Å². The molecule has 0 radical (unpaired) electrons. The molecule has 0 spiro atoms. The molecular weight excluding hydrogens is 348 g/mol. The molecule has 0 N–H and O–H groups in total. The number of alkyl halides is 1. The highest BCUT2D eigenvalue weighted by molar-refractivity contribution is 9.10. The van der Waals surface area contributed by atoms with Crippen molar-refractivity contribution in [3.8, 4) is 0 Å². The SMILES string of the molecule is Cc1sc(C(Br)C2C(C)(C)C2(C)C)cc1Br. The van der Waals surface area contributed by atoms with E-state index in [1.165, 1.54) is 14.2 Å². The Kier molecular flexibility index (Phi) is 3.13. The van der Waals surface area contributed by atoms with Crippen molar-refractivity contribution in [2.45, 2.75) is 39.4 Å². The number of hydrogen-bond donors (Lipinski definition) is 0. The van der Waals surface area contributed by atoms with Crippen LogP contribution in [-0.2, 0) is 0 Å².